The van der Waals surface area contributed by atoms with Crippen LogP contribution in [0.15, 0.2) is 59.4 Å². The number of carbonyl (C=O) groups is 1. The molecule has 0 unspecified atom stereocenters. The summed E-state index contributed by atoms with van der Waals surface area (Å²) in [6.07, 6.45) is 0. The highest BCUT2D eigenvalue weighted by atomic mass is 16.5. The van der Waals surface area contributed by atoms with E-state index in [0.29, 0.717) is 18.8 Å². The molecule has 1 aromatic heterocycles. The van der Waals surface area contributed by atoms with E-state index in [4.69, 9.17) is 4.74 Å². The lowest BCUT2D eigenvalue weighted by Crippen LogP contribution is -2.50. The zero-order chi connectivity index (χ0) is 20.4. The molecule has 0 N–H and O–H groups in total. The van der Waals surface area contributed by atoms with Crippen LogP contribution in [-0.4, -0.2) is 48.2 Å². The molecular formula is C23H25N3O3. The number of nitrogens with zero attached hydrogens (tertiary/aromatic N) is 3. The molecule has 0 aliphatic carbocycles. The number of benzene rings is 2. The molecule has 29 heavy (non-hydrogen) atoms. The zero-order valence-electron chi connectivity index (χ0n) is 16.8. The van der Waals surface area contributed by atoms with E-state index in [0.717, 1.165) is 24.0 Å². The maximum Gasteiger partial charge on any atom is 0.260 e. The number of pyridine rings is 1. The van der Waals surface area contributed by atoms with E-state index in [1.165, 1.54) is 17.3 Å². The molecule has 0 spiro atoms. The Bertz CT molecular complexity index is 1100. The highest BCUT2D eigenvalue weighted by molar-refractivity contribution is 5.86. The van der Waals surface area contributed by atoms with Gasteiger partial charge in [0.2, 0.25) is 0 Å². The Morgan fingerprint density at radius 1 is 1.00 bits per heavy atom. The Kier molecular flexibility index (Phi) is 5.25. The number of aromatic nitrogens is 1. The number of aryl methyl sites for hydroxylation is 2. The van der Waals surface area contributed by atoms with Gasteiger partial charge in [0.05, 0.1) is 5.52 Å². The van der Waals surface area contributed by atoms with Gasteiger partial charge < -0.3 is 19.1 Å². The molecule has 6 heteroatoms. The molecule has 0 radical (unpaired) electrons. The van der Waals surface area contributed by atoms with E-state index < -0.39 is 0 Å². The topological polar surface area (TPSA) is 54.8 Å². The van der Waals surface area contributed by atoms with Gasteiger partial charge in [-0.05, 0) is 30.7 Å². The monoisotopic (exact) mass is 391 g/mol. The molecular weight excluding hydrogens is 366 g/mol. The van der Waals surface area contributed by atoms with E-state index in [1.807, 2.05) is 41.3 Å². The summed E-state index contributed by atoms with van der Waals surface area (Å²) in [5, 5.41) is 0.826. The van der Waals surface area contributed by atoms with E-state index in [2.05, 4.69) is 24.0 Å². The van der Waals surface area contributed by atoms with Crippen LogP contribution in [0.5, 0.6) is 5.75 Å². The fourth-order valence-electron chi connectivity index (χ4n) is 3.85. The molecule has 4 rings (SSSR count). The van der Waals surface area contributed by atoms with Gasteiger partial charge in [-0.2, -0.15) is 0 Å². The molecule has 0 atom stereocenters. The van der Waals surface area contributed by atoms with Crippen LogP contribution in [0.1, 0.15) is 5.56 Å². The van der Waals surface area contributed by atoms with E-state index in [1.54, 1.807) is 11.6 Å². The predicted molar refractivity (Wildman–Crippen MR) is 115 cm³/mol. The maximum atomic E-state index is 12.7. The summed E-state index contributed by atoms with van der Waals surface area (Å²) < 4.78 is 7.36. The van der Waals surface area contributed by atoms with Crippen LogP contribution in [0.3, 0.4) is 0 Å². The number of anilines is 1. The number of carbonyl (C=O) groups excluding carboxylic acids is 1. The van der Waals surface area contributed by atoms with Gasteiger partial charge in [-0.15, -0.1) is 0 Å². The average Bonchev–Trinajstić information content (AvgIpc) is 2.75. The minimum Gasteiger partial charge on any atom is -0.483 e. The number of piperazine rings is 1. The standard InChI is InChI=1S/C23H25N3O3/c1-17-7-3-5-9-19(17)25-11-13-26(14-12-25)23(28)16-29-21-15-22(27)24(2)20-10-6-4-8-18(20)21/h3-10,15H,11-14,16H2,1-2H3. The minimum atomic E-state index is -0.155. The van der Waals surface area contributed by atoms with Crippen LogP contribution in [0.2, 0.25) is 0 Å². The number of hydrogen-bond donors (Lipinski definition) is 0. The zero-order valence-corrected chi connectivity index (χ0v) is 16.8. The normalized spacial score (nSPS) is 14.3. The summed E-state index contributed by atoms with van der Waals surface area (Å²) in [4.78, 5) is 29.0. The van der Waals surface area contributed by atoms with Crippen LogP contribution in [-0.2, 0) is 11.8 Å². The quantitative estimate of drug-likeness (QED) is 0.686. The number of ether oxygens (including phenoxy) is 1. The first-order chi connectivity index (χ1) is 14.0. The second kappa shape index (κ2) is 7.99. The van der Waals surface area contributed by atoms with Gasteiger partial charge in [0.25, 0.3) is 11.5 Å². The van der Waals surface area contributed by atoms with Crippen LogP contribution >= 0.6 is 0 Å². The summed E-state index contributed by atoms with van der Waals surface area (Å²) in [5.41, 5.74) is 3.10. The fraction of sp³-hybridized carbons (Fsp3) is 0.304. The average molecular weight is 391 g/mol. The first kappa shape index (κ1) is 19.1. The van der Waals surface area contributed by atoms with Crippen molar-refractivity contribution < 1.29 is 9.53 Å². The van der Waals surface area contributed by atoms with Gasteiger partial charge in [0.1, 0.15) is 5.75 Å². The summed E-state index contributed by atoms with van der Waals surface area (Å²) in [6, 6.07) is 17.3. The Morgan fingerprint density at radius 3 is 2.45 bits per heavy atom. The third-order valence-corrected chi connectivity index (χ3v) is 5.56. The maximum absolute atomic E-state index is 12.7. The van der Waals surface area contributed by atoms with Crippen molar-refractivity contribution in [3.63, 3.8) is 0 Å². The summed E-state index contributed by atoms with van der Waals surface area (Å²) in [5.74, 6) is 0.398. The molecule has 1 saturated heterocycles. The molecule has 2 heterocycles. The Labute approximate surface area is 169 Å². The third kappa shape index (κ3) is 3.83. The van der Waals surface area contributed by atoms with Gasteiger partial charge in [0, 0.05) is 50.4 Å². The lowest BCUT2D eigenvalue weighted by atomic mass is 10.1. The van der Waals surface area contributed by atoms with Gasteiger partial charge >= 0.3 is 0 Å². The van der Waals surface area contributed by atoms with Crippen LogP contribution in [0.25, 0.3) is 10.9 Å². The largest absolute Gasteiger partial charge is 0.483 e. The summed E-state index contributed by atoms with van der Waals surface area (Å²) in [6.45, 7) is 4.95. The molecule has 1 fully saturated rings. The van der Waals surface area contributed by atoms with Gasteiger partial charge in [-0.1, -0.05) is 30.3 Å². The molecule has 3 aromatic rings. The molecule has 1 aliphatic rings. The number of fused-ring (bicyclic) bond motifs is 1. The SMILES string of the molecule is Cc1ccccc1N1CCN(C(=O)COc2cc(=O)n(C)c3ccccc23)CC1. The van der Waals surface area contributed by atoms with Crippen molar-refractivity contribution in [1.82, 2.24) is 9.47 Å². The number of para-hydroxylation sites is 2. The fourth-order valence-corrected chi connectivity index (χ4v) is 3.85. The van der Waals surface area contributed by atoms with Crippen LogP contribution in [0.4, 0.5) is 5.69 Å². The first-order valence-corrected chi connectivity index (χ1v) is 9.84. The highest BCUT2D eigenvalue weighted by Crippen LogP contribution is 2.23. The molecule has 0 saturated carbocycles. The van der Waals surface area contributed by atoms with E-state index in [-0.39, 0.29) is 18.1 Å². The Morgan fingerprint density at radius 2 is 1.69 bits per heavy atom. The van der Waals surface area contributed by atoms with E-state index >= 15 is 0 Å². The Hall–Kier alpha value is -3.28. The molecule has 0 bridgehead atoms. The minimum absolute atomic E-state index is 0.0563. The van der Waals surface area contributed by atoms with Gasteiger partial charge in [-0.3, -0.25) is 9.59 Å². The van der Waals surface area contributed by atoms with Crippen molar-refractivity contribution >= 4 is 22.5 Å². The van der Waals surface area contributed by atoms with Crippen molar-refractivity contribution in [2.24, 2.45) is 7.05 Å². The lowest BCUT2D eigenvalue weighted by molar-refractivity contribution is -0.133. The van der Waals surface area contributed by atoms with Crippen molar-refractivity contribution in [3.05, 3.63) is 70.5 Å². The molecule has 6 nitrogen and oxygen atoms in total. The smallest absolute Gasteiger partial charge is 0.260 e. The highest BCUT2D eigenvalue weighted by Gasteiger charge is 2.22. The first-order valence-electron chi connectivity index (χ1n) is 9.84. The second-order valence-electron chi connectivity index (χ2n) is 7.37. The van der Waals surface area contributed by atoms with Crippen molar-refractivity contribution in [1.29, 1.82) is 0 Å². The van der Waals surface area contributed by atoms with Crippen molar-refractivity contribution in [2.45, 2.75) is 6.92 Å². The molecule has 150 valence electrons. The Balaban J connectivity index is 1.40. The number of amides is 1. The summed E-state index contributed by atoms with van der Waals surface area (Å²) in [7, 11) is 1.73. The molecule has 2 aromatic carbocycles. The third-order valence-electron chi connectivity index (χ3n) is 5.56. The van der Waals surface area contributed by atoms with E-state index in [9.17, 15) is 9.59 Å². The van der Waals surface area contributed by atoms with Gasteiger partial charge in [-0.25, -0.2) is 0 Å². The molecule has 1 aliphatic heterocycles. The number of hydrogen-bond acceptors (Lipinski definition) is 4. The van der Waals surface area contributed by atoms with Crippen LogP contribution in [0, 0.1) is 6.92 Å². The van der Waals surface area contributed by atoms with Crippen molar-refractivity contribution in [3.8, 4) is 5.75 Å². The lowest BCUT2D eigenvalue weighted by Gasteiger charge is -2.36. The summed E-state index contributed by atoms with van der Waals surface area (Å²) >= 11 is 0. The van der Waals surface area contributed by atoms with Crippen LogP contribution < -0.4 is 15.2 Å². The van der Waals surface area contributed by atoms with Gasteiger partial charge in [0.15, 0.2) is 6.61 Å². The second-order valence-corrected chi connectivity index (χ2v) is 7.37. The molecule has 1 amide bonds. The number of rotatable bonds is 4. The van der Waals surface area contributed by atoms with Crippen molar-refractivity contribution in [2.75, 3.05) is 37.7 Å². The predicted octanol–water partition coefficient (Wildman–Crippen LogP) is 2.57.